The molecule has 0 radical (unpaired) electrons. The lowest BCUT2D eigenvalue weighted by atomic mass is 9.93. The molecule has 3 rings (SSSR count). The van der Waals surface area contributed by atoms with Crippen molar-refractivity contribution in [3.63, 3.8) is 0 Å². The zero-order valence-corrected chi connectivity index (χ0v) is 11.4. The third kappa shape index (κ3) is 2.57. The fourth-order valence-corrected chi connectivity index (χ4v) is 3.98. The van der Waals surface area contributed by atoms with Gasteiger partial charge in [0.1, 0.15) is 0 Å². The van der Waals surface area contributed by atoms with E-state index in [-0.39, 0.29) is 0 Å². The highest BCUT2D eigenvalue weighted by molar-refractivity contribution is 4.91. The summed E-state index contributed by atoms with van der Waals surface area (Å²) in [7, 11) is 0. The summed E-state index contributed by atoms with van der Waals surface area (Å²) in [6.45, 7) is 7.65. The number of piperidine rings is 1. The second-order valence-corrected chi connectivity index (χ2v) is 6.11. The highest BCUT2D eigenvalue weighted by Gasteiger charge is 2.35. The summed E-state index contributed by atoms with van der Waals surface area (Å²) in [5.41, 5.74) is 6.04. The predicted octanol–water partition coefficient (Wildman–Crippen LogP) is 0.520. The summed E-state index contributed by atoms with van der Waals surface area (Å²) in [6.07, 6.45) is 5.39. The van der Waals surface area contributed by atoms with Crippen molar-refractivity contribution >= 4 is 0 Å². The lowest BCUT2D eigenvalue weighted by molar-refractivity contribution is 0.0130. The number of hydrogen-bond donors (Lipinski definition) is 1. The minimum absolute atomic E-state index is 0.552. The van der Waals surface area contributed by atoms with Crippen LogP contribution < -0.4 is 5.73 Å². The van der Waals surface area contributed by atoms with Crippen LogP contribution in [0.4, 0.5) is 0 Å². The minimum atomic E-state index is 0.552. The molecule has 0 aromatic rings. The van der Waals surface area contributed by atoms with Crippen LogP contribution in [-0.4, -0.2) is 67.8 Å². The van der Waals surface area contributed by atoms with Gasteiger partial charge in [0.2, 0.25) is 0 Å². The van der Waals surface area contributed by atoms with Crippen LogP contribution in [-0.2, 0) is 4.74 Å². The highest BCUT2D eigenvalue weighted by Crippen LogP contribution is 2.26. The molecule has 0 saturated carbocycles. The van der Waals surface area contributed by atoms with Crippen molar-refractivity contribution in [2.75, 3.05) is 45.9 Å². The maximum absolute atomic E-state index is 6.04. The van der Waals surface area contributed by atoms with Gasteiger partial charge in [-0.25, -0.2) is 0 Å². The molecule has 0 amide bonds. The van der Waals surface area contributed by atoms with E-state index in [0.29, 0.717) is 12.0 Å². The molecule has 2 N–H and O–H groups in total. The molecule has 0 bridgehead atoms. The Kier molecular flexibility index (Phi) is 4.19. The Morgan fingerprint density at radius 1 is 1.17 bits per heavy atom. The molecule has 3 saturated heterocycles. The van der Waals surface area contributed by atoms with Crippen molar-refractivity contribution in [1.82, 2.24) is 9.80 Å². The van der Waals surface area contributed by atoms with Gasteiger partial charge >= 0.3 is 0 Å². The van der Waals surface area contributed by atoms with Gasteiger partial charge in [0.15, 0.2) is 0 Å². The van der Waals surface area contributed by atoms with Crippen LogP contribution in [0.2, 0.25) is 0 Å². The SMILES string of the molecule is NCC(C1CCOC1)N1CCN2CCCCC2C1. The van der Waals surface area contributed by atoms with E-state index < -0.39 is 0 Å². The Labute approximate surface area is 110 Å². The van der Waals surface area contributed by atoms with Gasteiger partial charge in [0, 0.05) is 50.8 Å². The third-order valence-electron chi connectivity index (χ3n) is 5.09. The molecule has 0 aromatic carbocycles. The van der Waals surface area contributed by atoms with Crippen LogP contribution >= 0.6 is 0 Å². The van der Waals surface area contributed by atoms with E-state index in [1.165, 1.54) is 51.9 Å². The van der Waals surface area contributed by atoms with E-state index in [9.17, 15) is 0 Å². The quantitative estimate of drug-likeness (QED) is 0.796. The fraction of sp³-hybridized carbons (Fsp3) is 1.00. The van der Waals surface area contributed by atoms with E-state index in [4.69, 9.17) is 10.5 Å². The molecule has 104 valence electrons. The van der Waals surface area contributed by atoms with Crippen LogP contribution in [0.5, 0.6) is 0 Å². The van der Waals surface area contributed by atoms with Crippen molar-refractivity contribution in [2.24, 2.45) is 11.7 Å². The summed E-state index contributed by atoms with van der Waals surface area (Å²) < 4.78 is 5.54. The van der Waals surface area contributed by atoms with E-state index >= 15 is 0 Å². The molecule has 18 heavy (non-hydrogen) atoms. The van der Waals surface area contributed by atoms with Crippen molar-refractivity contribution < 1.29 is 4.74 Å². The van der Waals surface area contributed by atoms with Crippen LogP contribution in [0.25, 0.3) is 0 Å². The van der Waals surface area contributed by atoms with Crippen molar-refractivity contribution in [1.29, 1.82) is 0 Å². The zero-order valence-electron chi connectivity index (χ0n) is 11.4. The Morgan fingerprint density at radius 3 is 2.89 bits per heavy atom. The van der Waals surface area contributed by atoms with Crippen LogP contribution in [0.1, 0.15) is 25.7 Å². The van der Waals surface area contributed by atoms with Crippen molar-refractivity contribution in [3.05, 3.63) is 0 Å². The molecular weight excluding hydrogens is 226 g/mol. The molecule has 0 aromatic heterocycles. The van der Waals surface area contributed by atoms with Gasteiger partial charge in [-0.05, 0) is 25.8 Å². The second-order valence-electron chi connectivity index (χ2n) is 6.11. The summed E-state index contributed by atoms with van der Waals surface area (Å²) in [4.78, 5) is 5.35. The second kappa shape index (κ2) is 5.87. The zero-order chi connectivity index (χ0) is 12.4. The molecule has 0 spiro atoms. The van der Waals surface area contributed by atoms with Gasteiger partial charge in [-0.1, -0.05) is 6.42 Å². The number of nitrogens with zero attached hydrogens (tertiary/aromatic N) is 2. The summed E-state index contributed by atoms with van der Waals surface area (Å²) in [5.74, 6) is 0.671. The fourth-order valence-electron chi connectivity index (χ4n) is 3.98. The topological polar surface area (TPSA) is 41.7 Å². The normalized spacial score (nSPS) is 36.5. The molecule has 3 aliphatic heterocycles. The summed E-state index contributed by atoms with van der Waals surface area (Å²) >= 11 is 0. The maximum atomic E-state index is 6.04. The van der Waals surface area contributed by atoms with Crippen molar-refractivity contribution in [2.45, 2.75) is 37.8 Å². The largest absolute Gasteiger partial charge is 0.381 e. The van der Waals surface area contributed by atoms with Crippen LogP contribution in [0, 0.1) is 5.92 Å². The Hall–Kier alpha value is -0.160. The number of fused-ring (bicyclic) bond motifs is 1. The standard InChI is InChI=1S/C14H27N3O/c15-9-14(12-4-8-18-11-12)17-7-6-16-5-2-1-3-13(16)10-17/h12-14H,1-11,15H2. The summed E-state index contributed by atoms with van der Waals surface area (Å²) in [6, 6.07) is 1.35. The molecule has 0 aliphatic carbocycles. The number of ether oxygens (including phenoxy) is 1. The molecule has 3 heterocycles. The molecule has 3 aliphatic rings. The third-order valence-corrected chi connectivity index (χ3v) is 5.09. The molecular formula is C14H27N3O. The van der Waals surface area contributed by atoms with Gasteiger partial charge in [-0.2, -0.15) is 0 Å². The maximum Gasteiger partial charge on any atom is 0.0510 e. The number of rotatable bonds is 3. The lowest BCUT2D eigenvalue weighted by Crippen LogP contribution is -2.59. The Balaban J connectivity index is 1.61. The van der Waals surface area contributed by atoms with E-state index in [2.05, 4.69) is 9.80 Å². The average molecular weight is 253 g/mol. The first-order valence-electron chi connectivity index (χ1n) is 7.64. The Morgan fingerprint density at radius 2 is 2.11 bits per heavy atom. The van der Waals surface area contributed by atoms with Gasteiger partial charge in [-0.3, -0.25) is 9.80 Å². The molecule has 4 heteroatoms. The smallest absolute Gasteiger partial charge is 0.0510 e. The average Bonchev–Trinajstić information content (AvgIpc) is 2.93. The first-order chi connectivity index (χ1) is 8.88. The van der Waals surface area contributed by atoms with Gasteiger partial charge < -0.3 is 10.5 Å². The van der Waals surface area contributed by atoms with E-state index in [1.807, 2.05) is 0 Å². The van der Waals surface area contributed by atoms with E-state index in [1.54, 1.807) is 0 Å². The van der Waals surface area contributed by atoms with Crippen LogP contribution in [0.15, 0.2) is 0 Å². The number of hydrogen-bond acceptors (Lipinski definition) is 4. The van der Waals surface area contributed by atoms with Crippen LogP contribution in [0.3, 0.4) is 0 Å². The van der Waals surface area contributed by atoms with Gasteiger partial charge in [0.25, 0.3) is 0 Å². The lowest BCUT2D eigenvalue weighted by Gasteiger charge is -2.47. The first-order valence-corrected chi connectivity index (χ1v) is 7.64. The highest BCUT2D eigenvalue weighted by atomic mass is 16.5. The summed E-state index contributed by atoms with van der Waals surface area (Å²) in [5, 5.41) is 0. The van der Waals surface area contributed by atoms with Gasteiger partial charge in [0.05, 0.1) is 6.61 Å². The molecule has 3 unspecified atom stereocenters. The monoisotopic (exact) mass is 253 g/mol. The van der Waals surface area contributed by atoms with Gasteiger partial charge in [-0.15, -0.1) is 0 Å². The minimum Gasteiger partial charge on any atom is -0.381 e. The molecule has 4 nitrogen and oxygen atoms in total. The number of nitrogens with two attached hydrogens (primary N) is 1. The number of piperazine rings is 1. The predicted molar refractivity (Wildman–Crippen MR) is 72.6 cm³/mol. The molecule has 3 atom stereocenters. The molecule has 3 fully saturated rings. The van der Waals surface area contributed by atoms with Crippen molar-refractivity contribution in [3.8, 4) is 0 Å². The first kappa shape index (κ1) is 12.9. The van der Waals surface area contributed by atoms with E-state index in [0.717, 1.165) is 25.8 Å². The Bertz CT molecular complexity index is 268.